The molecule has 1 rings (SSSR count). The molecule has 3 N–H and O–H groups in total. The van der Waals surface area contributed by atoms with Gasteiger partial charge in [-0.2, -0.15) is 0 Å². The Bertz CT molecular complexity index is 298. The van der Waals surface area contributed by atoms with Crippen LogP contribution in [0.1, 0.15) is 5.69 Å². The smallest absolute Gasteiger partial charge is 0.141 e. The summed E-state index contributed by atoms with van der Waals surface area (Å²) >= 11 is 0. The Balaban J connectivity index is 0.00000144. The normalized spacial score (nSPS) is 8.77. The van der Waals surface area contributed by atoms with Crippen molar-refractivity contribution in [3.8, 4) is 0 Å². The van der Waals surface area contributed by atoms with Gasteiger partial charge in [0.25, 0.3) is 0 Å². The second-order valence-corrected chi connectivity index (χ2v) is 2.71. The molecule has 0 aliphatic carbocycles. The van der Waals surface area contributed by atoms with Crippen molar-refractivity contribution in [3.63, 3.8) is 0 Å². The van der Waals surface area contributed by atoms with Crippen LogP contribution in [0.5, 0.6) is 0 Å². The standard InChI is InChI=1S/C8H12N4.ClH/c1-12(2)6-3-4-11-7(5-6)8(9)10;/h3-5H,1-2H3,(H3,9,10);1H. The highest BCUT2D eigenvalue weighted by Gasteiger charge is 2.00. The van der Waals surface area contributed by atoms with Crippen LogP contribution in [0.3, 0.4) is 0 Å². The van der Waals surface area contributed by atoms with E-state index in [1.807, 2.05) is 25.1 Å². The van der Waals surface area contributed by atoms with E-state index >= 15 is 0 Å². The lowest BCUT2D eigenvalue weighted by molar-refractivity contribution is 1.11. The average Bonchev–Trinajstić information content (AvgIpc) is 2.04. The highest BCUT2D eigenvalue weighted by Crippen LogP contribution is 2.09. The summed E-state index contributed by atoms with van der Waals surface area (Å²) in [5.74, 6) is -0.00120. The summed E-state index contributed by atoms with van der Waals surface area (Å²) in [6.45, 7) is 0. The SMILES string of the molecule is CN(C)c1ccnc(C(=N)N)c1.Cl. The van der Waals surface area contributed by atoms with Crippen LogP contribution in [-0.2, 0) is 0 Å². The minimum Gasteiger partial charge on any atom is -0.382 e. The van der Waals surface area contributed by atoms with E-state index in [1.165, 1.54) is 0 Å². The first-order chi connectivity index (χ1) is 5.61. The molecule has 0 bridgehead atoms. The maximum absolute atomic E-state index is 7.17. The number of pyridine rings is 1. The van der Waals surface area contributed by atoms with Gasteiger partial charge in [0.15, 0.2) is 0 Å². The van der Waals surface area contributed by atoms with E-state index in [4.69, 9.17) is 11.1 Å². The quantitative estimate of drug-likeness (QED) is 0.550. The summed E-state index contributed by atoms with van der Waals surface area (Å²) in [6.07, 6.45) is 1.64. The van der Waals surface area contributed by atoms with E-state index in [-0.39, 0.29) is 18.2 Å². The third kappa shape index (κ3) is 2.91. The number of anilines is 1. The number of rotatable bonds is 2. The second-order valence-electron chi connectivity index (χ2n) is 2.71. The molecular formula is C8H13ClN4. The highest BCUT2D eigenvalue weighted by molar-refractivity contribution is 5.93. The lowest BCUT2D eigenvalue weighted by atomic mass is 10.3. The van der Waals surface area contributed by atoms with Crippen LogP contribution in [0.15, 0.2) is 18.3 Å². The fourth-order valence-corrected chi connectivity index (χ4v) is 0.845. The van der Waals surface area contributed by atoms with Crippen molar-refractivity contribution in [2.75, 3.05) is 19.0 Å². The summed E-state index contributed by atoms with van der Waals surface area (Å²) in [5, 5.41) is 7.17. The molecule has 13 heavy (non-hydrogen) atoms. The Morgan fingerprint density at radius 1 is 1.54 bits per heavy atom. The minimum atomic E-state index is -0.00120. The molecule has 0 unspecified atom stereocenters. The molecule has 0 fully saturated rings. The number of nitrogens with one attached hydrogen (secondary N) is 1. The Hall–Kier alpha value is -1.29. The van der Waals surface area contributed by atoms with Crippen molar-refractivity contribution in [2.24, 2.45) is 5.73 Å². The van der Waals surface area contributed by atoms with Gasteiger partial charge in [-0.25, -0.2) is 0 Å². The third-order valence-corrected chi connectivity index (χ3v) is 1.54. The molecule has 0 saturated heterocycles. The van der Waals surface area contributed by atoms with Crippen molar-refractivity contribution >= 4 is 23.9 Å². The first-order valence-electron chi connectivity index (χ1n) is 3.59. The van der Waals surface area contributed by atoms with Gasteiger partial charge in [0.1, 0.15) is 11.5 Å². The monoisotopic (exact) mass is 200 g/mol. The van der Waals surface area contributed by atoms with Gasteiger partial charge >= 0.3 is 0 Å². The third-order valence-electron chi connectivity index (χ3n) is 1.54. The molecule has 0 amide bonds. The predicted octanol–water partition coefficient (Wildman–Crippen LogP) is 0.853. The van der Waals surface area contributed by atoms with E-state index < -0.39 is 0 Å². The molecule has 1 heterocycles. The molecule has 0 aromatic carbocycles. The van der Waals surface area contributed by atoms with Crippen LogP contribution in [-0.4, -0.2) is 24.9 Å². The zero-order chi connectivity index (χ0) is 9.14. The van der Waals surface area contributed by atoms with Gasteiger partial charge in [0, 0.05) is 26.0 Å². The number of halogens is 1. The van der Waals surface area contributed by atoms with Gasteiger partial charge in [-0.05, 0) is 12.1 Å². The van der Waals surface area contributed by atoms with Crippen LogP contribution in [0.4, 0.5) is 5.69 Å². The molecule has 5 heteroatoms. The topological polar surface area (TPSA) is 66.0 Å². The number of amidine groups is 1. The molecule has 4 nitrogen and oxygen atoms in total. The van der Waals surface area contributed by atoms with Gasteiger partial charge in [-0.3, -0.25) is 10.4 Å². The lowest BCUT2D eigenvalue weighted by Gasteiger charge is -2.12. The molecule has 0 saturated carbocycles. The van der Waals surface area contributed by atoms with Crippen molar-refractivity contribution in [1.82, 2.24) is 4.98 Å². The highest BCUT2D eigenvalue weighted by atomic mass is 35.5. The number of nitrogen functional groups attached to an aromatic ring is 1. The molecule has 0 aliphatic rings. The molecule has 72 valence electrons. The minimum absolute atomic E-state index is 0. The van der Waals surface area contributed by atoms with E-state index in [0.29, 0.717) is 5.69 Å². The molecule has 1 aromatic rings. The lowest BCUT2D eigenvalue weighted by Crippen LogP contribution is -2.15. The predicted molar refractivity (Wildman–Crippen MR) is 56.8 cm³/mol. The summed E-state index contributed by atoms with van der Waals surface area (Å²) in [6, 6.07) is 3.65. The summed E-state index contributed by atoms with van der Waals surface area (Å²) in [5.41, 5.74) is 6.80. The van der Waals surface area contributed by atoms with Crippen LogP contribution < -0.4 is 10.6 Å². The van der Waals surface area contributed by atoms with Gasteiger partial charge < -0.3 is 10.6 Å². The van der Waals surface area contributed by atoms with Crippen molar-refractivity contribution < 1.29 is 0 Å². The van der Waals surface area contributed by atoms with Gasteiger partial charge in [-0.1, -0.05) is 0 Å². The van der Waals surface area contributed by atoms with Crippen molar-refractivity contribution in [3.05, 3.63) is 24.0 Å². The fraction of sp³-hybridized carbons (Fsp3) is 0.250. The molecular weight excluding hydrogens is 188 g/mol. The molecule has 0 spiro atoms. The Morgan fingerprint density at radius 3 is 2.62 bits per heavy atom. The first kappa shape index (κ1) is 11.7. The van der Waals surface area contributed by atoms with Crippen LogP contribution >= 0.6 is 12.4 Å². The van der Waals surface area contributed by atoms with Gasteiger partial charge in [-0.15, -0.1) is 12.4 Å². The van der Waals surface area contributed by atoms with Gasteiger partial charge in [0.2, 0.25) is 0 Å². The molecule has 0 atom stereocenters. The molecule has 1 aromatic heterocycles. The van der Waals surface area contributed by atoms with E-state index in [9.17, 15) is 0 Å². The van der Waals surface area contributed by atoms with E-state index in [2.05, 4.69) is 4.98 Å². The number of hydrogen-bond donors (Lipinski definition) is 2. The van der Waals surface area contributed by atoms with Crippen molar-refractivity contribution in [1.29, 1.82) is 5.41 Å². The molecule has 0 radical (unpaired) electrons. The molecule has 0 aliphatic heterocycles. The van der Waals surface area contributed by atoms with E-state index in [0.717, 1.165) is 5.69 Å². The number of aromatic nitrogens is 1. The van der Waals surface area contributed by atoms with Crippen molar-refractivity contribution in [2.45, 2.75) is 0 Å². The average molecular weight is 201 g/mol. The van der Waals surface area contributed by atoms with Crippen LogP contribution in [0.2, 0.25) is 0 Å². The van der Waals surface area contributed by atoms with Gasteiger partial charge in [0.05, 0.1) is 0 Å². The largest absolute Gasteiger partial charge is 0.382 e. The van der Waals surface area contributed by atoms with Crippen LogP contribution in [0, 0.1) is 5.41 Å². The second kappa shape index (κ2) is 4.67. The number of nitrogens with zero attached hydrogens (tertiary/aromatic N) is 2. The van der Waals surface area contributed by atoms with Crippen LogP contribution in [0.25, 0.3) is 0 Å². The Morgan fingerprint density at radius 2 is 2.15 bits per heavy atom. The zero-order valence-electron chi connectivity index (χ0n) is 7.61. The summed E-state index contributed by atoms with van der Waals surface area (Å²) in [4.78, 5) is 5.88. The Labute approximate surface area is 83.7 Å². The fourth-order valence-electron chi connectivity index (χ4n) is 0.845. The summed E-state index contributed by atoms with van der Waals surface area (Å²) < 4.78 is 0. The zero-order valence-corrected chi connectivity index (χ0v) is 8.43. The first-order valence-corrected chi connectivity index (χ1v) is 3.59. The number of nitrogens with two attached hydrogens (primary N) is 1. The Kier molecular flexibility index (Phi) is 4.20. The maximum Gasteiger partial charge on any atom is 0.141 e. The maximum atomic E-state index is 7.17. The summed E-state index contributed by atoms with van der Waals surface area (Å²) in [7, 11) is 3.86. The van der Waals surface area contributed by atoms with E-state index in [1.54, 1.807) is 12.3 Å². The number of hydrogen-bond acceptors (Lipinski definition) is 3.